The number of rotatable bonds is 5. The van der Waals surface area contributed by atoms with Gasteiger partial charge in [-0.25, -0.2) is 0 Å². The van der Waals surface area contributed by atoms with Crippen LogP contribution in [0.1, 0.15) is 32.6 Å². The van der Waals surface area contributed by atoms with Crippen molar-refractivity contribution in [2.24, 2.45) is 0 Å². The van der Waals surface area contributed by atoms with Gasteiger partial charge in [-0.1, -0.05) is 0 Å². The molecular formula is C8H15KO4. The SMILES string of the molecule is C[CH2][K].O=C(O)CCCCC(=O)O. The van der Waals surface area contributed by atoms with Gasteiger partial charge in [-0.05, 0) is 12.8 Å². The van der Waals surface area contributed by atoms with Crippen LogP contribution in [0.25, 0.3) is 0 Å². The molecule has 0 aliphatic carbocycles. The Balaban J connectivity index is 0. The molecule has 0 heterocycles. The van der Waals surface area contributed by atoms with Crippen molar-refractivity contribution in [2.45, 2.75) is 33.1 Å². The second kappa shape index (κ2) is 12.6. The molecule has 0 aliphatic heterocycles. The van der Waals surface area contributed by atoms with E-state index in [-0.39, 0.29) is 12.8 Å². The Hall–Kier alpha value is 0.576. The van der Waals surface area contributed by atoms with E-state index in [4.69, 9.17) is 10.2 Å². The topological polar surface area (TPSA) is 74.6 Å². The van der Waals surface area contributed by atoms with Gasteiger partial charge in [0.2, 0.25) is 0 Å². The fourth-order valence-corrected chi connectivity index (χ4v) is 0.552. The second-order valence-electron chi connectivity index (χ2n) is 2.70. The van der Waals surface area contributed by atoms with Gasteiger partial charge in [0.25, 0.3) is 0 Å². The van der Waals surface area contributed by atoms with Gasteiger partial charge in [-0.3, -0.25) is 9.59 Å². The number of unbranched alkanes of at least 4 members (excludes halogenated alkanes) is 1. The summed E-state index contributed by atoms with van der Waals surface area (Å²) >= 11 is 1.10. The monoisotopic (exact) mass is 214 g/mol. The minimum Gasteiger partial charge on any atom is -0.481 e. The Morgan fingerprint density at radius 3 is 1.46 bits per heavy atom. The van der Waals surface area contributed by atoms with Crippen LogP contribution in [0, 0.1) is 0 Å². The smallest absolute Gasteiger partial charge is 0.303 e. The number of carbonyl (C=O) groups is 2. The summed E-state index contributed by atoms with van der Waals surface area (Å²) in [5.41, 5.74) is 0. The average Bonchev–Trinajstić information content (AvgIpc) is 1.99. The first-order valence-corrected chi connectivity index (χ1v) is 6.69. The average molecular weight is 214 g/mol. The molecule has 0 aromatic carbocycles. The Kier molecular flexibility index (Phi) is 15.5. The van der Waals surface area contributed by atoms with E-state index >= 15 is 0 Å². The molecule has 0 bridgehead atoms. The molecule has 5 heteroatoms. The van der Waals surface area contributed by atoms with Crippen molar-refractivity contribution in [3.05, 3.63) is 0 Å². The van der Waals surface area contributed by atoms with Crippen molar-refractivity contribution in [3.63, 3.8) is 0 Å². The molecule has 2 N–H and O–H groups in total. The van der Waals surface area contributed by atoms with Crippen LogP contribution in [0.5, 0.6) is 0 Å². The molecule has 0 aliphatic rings. The molecule has 0 saturated heterocycles. The van der Waals surface area contributed by atoms with Crippen LogP contribution >= 0.6 is 0 Å². The van der Waals surface area contributed by atoms with Crippen LogP contribution in [-0.4, -0.2) is 71.1 Å². The summed E-state index contributed by atoms with van der Waals surface area (Å²) in [6.45, 7) is 2.21. The first kappa shape index (κ1) is 16.0. The van der Waals surface area contributed by atoms with Crippen LogP contribution in [0.4, 0.5) is 0 Å². The largest absolute Gasteiger partial charge is 0.481 e. The maximum atomic E-state index is 9.90. The van der Waals surface area contributed by atoms with Crippen molar-refractivity contribution in [1.82, 2.24) is 0 Å². The summed E-state index contributed by atoms with van der Waals surface area (Å²) < 4.78 is 1.44. The van der Waals surface area contributed by atoms with Crippen molar-refractivity contribution < 1.29 is 19.8 Å². The quantitative estimate of drug-likeness (QED) is 0.534. The van der Waals surface area contributed by atoms with Gasteiger partial charge in [0, 0.05) is 12.8 Å². The first-order valence-electron chi connectivity index (χ1n) is 4.48. The molecule has 0 fully saturated rings. The van der Waals surface area contributed by atoms with Gasteiger partial charge in [0.05, 0.1) is 0 Å². The Labute approximate surface area is 112 Å². The maximum absolute atomic E-state index is 9.90. The molecule has 0 spiro atoms. The minimum absolute atomic E-state index is 0.0628. The molecule has 4 nitrogen and oxygen atoms in total. The number of carboxylic acid groups (broad SMARTS) is 2. The van der Waals surface area contributed by atoms with Crippen LogP contribution in [-0.2, 0) is 9.59 Å². The zero-order valence-electron chi connectivity index (χ0n) is 8.25. The summed E-state index contributed by atoms with van der Waals surface area (Å²) in [7, 11) is 0. The van der Waals surface area contributed by atoms with Gasteiger partial charge in [0.1, 0.15) is 0 Å². The third kappa shape index (κ3) is 24.5. The molecule has 0 amide bonds. The van der Waals surface area contributed by atoms with E-state index in [9.17, 15) is 9.59 Å². The zero-order valence-corrected chi connectivity index (χ0v) is 11.4. The van der Waals surface area contributed by atoms with Gasteiger partial charge in [-0.15, -0.1) is 0 Å². The van der Waals surface area contributed by atoms with Gasteiger partial charge < -0.3 is 10.2 Å². The van der Waals surface area contributed by atoms with Crippen LogP contribution in [0.2, 0.25) is 0.515 Å². The maximum Gasteiger partial charge on any atom is 0.303 e. The predicted octanol–water partition coefficient (Wildman–Crippen LogP) is 1.31. The van der Waals surface area contributed by atoms with Crippen LogP contribution in [0.15, 0.2) is 0 Å². The molecule has 72 valence electrons. The van der Waals surface area contributed by atoms with E-state index in [0.29, 0.717) is 12.8 Å². The van der Waals surface area contributed by atoms with Gasteiger partial charge in [-0.2, -0.15) is 0 Å². The van der Waals surface area contributed by atoms with E-state index in [1.165, 1.54) is 0.515 Å². The normalized spacial score (nSPS) is 8.54. The summed E-state index contributed by atoms with van der Waals surface area (Å²) in [6.07, 6.45) is 1.02. The van der Waals surface area contributed by atoms with Crippen LogP contribution in [0.3, 0.4) is 0 Å². The molecule has 0 radical (unpaired) electrons. The Morgan fingerprint density at radius 1 is 1.08 bits per heavy atom. The third-order valence-electron chi connectivity index (χ3n) is 1.03. The number of hydrogen-bond donors (Lipinski definition) is 2. The molecule has 13 heavy (non-hydrogen) atoms. The summed E-state index contributed by atoms with van der Waals surface area (Å²) in [4.78, 5) is 19.8. The minimum atomic E-state index is -0.870. The zero-order chi connectivity index (χ0) is 10.7. The molecule has 0 atom stereocenters. The predicted molar refractivity (Wildman–Crippen MR) is 50.0 cm³/mol. The standard InChI is InChI=1S/C6H10O4.C2H5.K/c7-5(8)3-1-2-4-6(9)10;1-2;/h1-4H2,(H,7,8)(H,9,10);1H2,2H3;. The molecular weight excluding hydrogens is 199 g/mol. The molecule has 0 unspecified atom stereocenters. The molecule has 0 aromatic heterocycles. The van der Waals surface area contributed by atoms with Crippen molar-refractivity contribution in [3.8, 4) is 0 Å². The fraction of sp³-hybridized carbons (Fsp3) is 0.750. The van der Waals surface area contributed by atoms with Crippen molar-refractivity contribution in [1.29, 1.82) is 0 Å². The second-order valence-corrected chi connectivity index (χ2v) is 4.91. The van der Waals surface area contributed by atoms with Crippen molar-refractivity contribution in [2.75, 3.05) is 0 Å². The molecule has 0 saturated carbocycles. The first-order chi connectivity index (χ1) is 6.04. The van der Waals surface area contributed by atoms with E-state index in [1.54, 1.807) is 0 Å². The van der Waals surface area contributed by atoms with Crippen LogP contribution < -0.4 is 0 Å². The van der Waals surface area contributed by atoms with Gasteiger partial charge in [0.15, 0.2) is 0 Å². The third-order valence-corrected chi connectivity index (χ3v) is 1.03. The number of aliphatic carboxylic acids is 2. The van der Waals surface area contributed by atoms with E-state index in [2.05, 4.69) is 6.92 Å². The molecule has 0 rings (SSSR count). The fourth-order valence-electron chi connectivity index (χ4n) is 0.552. The van der Waals surface area contributed by atoms with Crippen molar-refractivity contribution >= 4 is 60.9 Å². The van der Waals surface area contributed by atoms with E-state index in [0.717, 1.165) is 49.0 Å². The summed E-state index contributed by atoms with van der Waals surface area (Å²) in [5, 5.41) is 16.3. The number of carboxylic acids is 2. The van der Waals surface area contributed by atoms with Gasteiger partial charge >= 0.3 is 68.3 Å². The Morgan fingerprint density at radius 2 is 1.31 bits per heavy atom. The number of hydrogen-bond acceptors (Lipinski definition) is 2. The summed E-state index contributed by atoms with van der Waals surface area (Å²) in [6, 6.07) is 0. The van der Waals surface area contributed by atoms with E-state index < -0.39 is 11.9 Å². The molecule has 0 aromatic rings. The Bertz CT molecular complexity index is 131. The van der Waals surface area contributed by atoms with E-state index in [1.807, 2.05) is 0 Å². The summed E-state index contributed by atoms with van der Waals surface area (Å²) in [5.74, 6) is -1.74.